The fraction of sp³-hybridized carbons (Fsp3) is 0.143. The molecule has 104 valence electrons. The Morgan fingerprint density at radius 3 is 2.85 bits per heavy atom. The standard InChI is InChI=1S/C14H13BrN2O3/c1-8-5-11(15)6-10(13(8)18)7-16-17-14(19)12-3-4-20-9(12)2/h3-7,18H,1-2H3,(H,17,19)/b16-7+. The Balaban J connectivity index is 2.11. The molecular formula is C14H13BrN2O3. The summed E-state index contributed by atoms with van der Waals surface area (Å²) in [6.07, 6.45) is 2.83. The van der Waals surface area contributed by atoms with Gasteiger partial charge in [-0.3, -0.25) is 4.79 Å². The predicted octanol–water partition coefficient (Wildman–Crippen LogP) is 3.13. The number of benzene rings is 1. The maximum absolute atomic E-state index is 11.8. The van der Waals surface area contributed by atoms with Crippen molar-refractivity contribution in [3.63, 3.8) is 0 Å². The molecule has 1 heterocycles. The van der Waals surface area contributed by atoms with Gasteiger partial charge in [0, 0.05) is 10.0 Å². The fourth-order valence-corrected chi connectivity index (χ4v) is 2.29. The van der Waals surface area contributed by atoms with Crippen molar-refractivity contribution < 1.29 is 14.3 Å². The lowest BCUT2D eigenvalue weighted by atomic mass is 10.1. The Bertz CT molecular complexity index is 677. The average Bonchev–Trinajstić information content (AvgIpc) is 2.81. The molecule has 20 heavy (non-hydrogen) atoms. The molecule has 0 aliphatic heterocycles. The van der Waals surface area contributed by atoms with E-state index < -0.39 is 0 Å². The van der Waals surface area contributed by atoms with Crippen molar-refractivity contribution in [3.8, 4) is 5.75 Å². The number of furan rings is 1. The molecule has 0 radical (unpaired) electrons. The summed E-state index contributed by atoms with van der Waals surface area (Å²) in [7, 11) is 0. The van der Waals surface area contributed by atoms with Gasteiger partial charge in [0.25, 0.3) is 5.91 Å². The first kappa shape index (κ1) is 14.3. The highest BCUT2D eigenvalue weighted by Gasteiger charge is 2.10. The van der Waals surface area contributed by atoms with Crippen LogP contribution in [0.15, 0.2) is 38.5 Å². The number of rotatable bonds is 3. The Labute approximate surface area is 124 Å². The minimum Gasteiger partial charge on any atom is -0.507 e. The molecular weight excluding hydrogens is 324 g/mol. The molecule has 0 unspecified atom stereocenters. The molecule has 0 atom stereocenters. The highest BCUT2D eigenvalue weighted by Crippen LogP contribution is 2.25. The summed E-state index contributed by atoms with van der Waals surface area (Å²) in [5, 5.41) is 13.7. The van der Waals surface area contributed by atoms with Gasteiger partial charge in [-0.1, -0.05) is 15.9 Å². The zero-order valence-corrected chi connectivity index (χ0v) is 12.6. The number of aromatic hydroxyl groups is 1. The van der Waals surface area contributed by atoms with Gasteiger partial charge in [0.1, 0.15) is 11.5 Å². The smallest absolute Gasteiger partial charge is 0.274 e. The lowest BCUT2D eigenvalue weighted by molar-refractivity contribution is 0.0953. The van der Waals surface area contributed by atoms with E-state index in [1.807, 2.05) is 0 Å². The van der Waals surface area contributed by atoms with Gasteiger partial charge in [-0.15, -0.1) is 0 Å². The second-order valence-electron chi connectivity index (χ2n) is 4.25. The van der Waals surface area contributed by atoms with E-state index in [4.69, 9.17) is 4.42 Å². The van der Waals surface area contributed by atoms with Gasteiger partial charge >= 0.3 is 0 Å². The quantitative estimate of drug-likeness (QED) is 0.667. The number of nitrogens with one attached hydrogen (secondary N) is 1. The zero-order chi connectivity index (χ0) is 14.7. The monoisotopic (exact) mass is 336 g/mol. The summed E-state index contributed by atoms with van der Waals surface area (Å²) in [5.41, 5.74) is 4.05. The molecule has 6 heteroatoms. The van der Waals surface area contributed by atoms with Crippen LogP contribution in [0.2, 0.25) is 0 Å². The number of hydrogen-bond donors (Lipinski definition) is 2. The van der Waals surface area contributed by atoms with Crippen molar-refractivity contribution in [2.24, 2.45) is 5.10 Å². The van der Waals surface area contributed by atoms with E-state index in [1.165, 1.54) is 12.5 Å². The molecule has 0 saturated carbocycles. The SMILES string of the molecule is Cc1cc(Br)cc(/C=N/NC(=O)c2ccoc2C)c1O. The molecule has 1 aromatic heterocycles. The van der Waals surface area contributed by atoms with Crippen LogP contribution in [-0.4, -0.2) is 17.2 Å². The molecule has 0 aliphatic carbocycles. The van der Waals surface area contributed by atoms with Crippen molar-refractivity contribution >= 4 is 28.1 Å². The summed E-state index contributed by atoms with van der Waals surface area (Å²) >= 11 is 3.34. The summed E-state index contributed by atoms with van der Waals surface area (Å²) in [4.78, 5) is 11.8. The summed E-state index contributed by atoms with van der Waals surface area (Å²) in [6.45, 7) is 3.48. The number of nitrogens with zero attached hydrogens (tertiary/aromatic N) is 1. The van der Waals surface area contributed by atoms with Crippen LogP contribution in [0.5, 0.6) is 5.75 Å². The summed E-state index contributed by atoms with van der Waals surface area (Å²) in [5.74, 6) is 0.295. The van der Waals surface area contributed by atoms with Crippen molar-refractivity contribution in [1.82, 2.24) is 5.43 Å². The van der Waals surface area contributed by atoms with E-state index in [1.54, 1.807) is 32.0 Å². The first-order valence-electron chi connectivity index (χ1n) is 5.85. The molecule has 0 saturated heterocycles. The van der Waals surface area contributed by atoms with Crippen LogP contribution >= 0.6 is 15.9 Å². The van der Waals surface area contributed by atoms with Crippen LogP contribution in [0.4, 0.5) is 0 Å². The van der Waals surface area contributed by atoms with Gasteiger partial charge in [-0.2, -0.15) is 5.10 Å². The van der Waals surface area contributed by atoms with E-state index in [0.29, 0.717) is 16.9 Å². The minimum absolute atomic E-state index is 0.130. The number of halogens is 1. The number of carbonyl (C=O) groups excluding carboxylic acids is 1. The highest BCUT2D eigenvalue weighted by atomic mass is 79.9. The molecule has 2 N–H and O–H groups in total. The number of phenolic OH excluding ortho intramolecular Hbond substituents is 1. The lowest BCUT2D eigenvalue weighted by Gasteiger charge is -2.04. The van der Waals surface area contributed by atoms with E-state index in [9.17, 15) is 9.90 Å². The molecule has 0 fully saturated rings. The van der Waals surface area contributed by atoms with Crippen molar-refractivity contribution in [2.45, 2.75) is 13.8 Å². The Hall–Kier alpha value is -2.08. The van der Waals surface area contributed by atoms with E-state index in [0.717, 1.165) is 10.0 Å². The Morgan fingerprint density at radius 1 is 1.45 bits per heavy atom. The number of carbonyl (C=O) groups is 1. The maximum Gasteiger partial charge on any atom is 0.274 e. The third kappa shape index (κ3) is 3.08. The molecule has 0 spiro atoms. The van der Waals surface area contributed by atoms with Crippen LogP contribution in [0.1, 0.15) is 27.2 Å². The van der Waals surface area contributed by atoms with Crippen LogP contribution < -0.4 is 5.43 Å². The maximum atomic E-state index is 11.8. The van der Waals surface area contributed by atoms with Crippen LogP contribution in [0.3, 0.4) is 0 Å². The number of aryl methyl sites for hydroxylation is 2. The topological polar surface area (TPSA) is 74.8 Å². The van der Waals surface area contributed by atoms with Crippen molar-refractivity contribution in [2.75, 3.05) is 0 Å². The van der Waals surface area contributed by atoms with Crippen LogP contribution in [0, 0.1) is 13.8 Å². The summed E-state index contributed by atoms with van der Waals surface area (Å²) < 4.78 is 5.87. The minimum atomic E-state index is -0.362. The van der Waals surface area contributed by atoms with Gasteiger partial charge in [0.15, 0.2) is 0 Å². The zero-order valence-electron chi connectivity index (χ0n) is 11.0. The van der Waals surface area contributed by atoms with Crippen LogP contribution in [0.25, 0.3) is 0 Å². The lowest BCUT2D eigenvalue weighted by Crippen LogP contribution is -2.17. The first-order chi connectivity index (χ1) is 9.49. The second kappa shape index (κ2) is 5.92. The predicted molar refractivity (Wildman–Crippen MR) is 79.0 cm³/mol. The molecule has 0 bridgehead atoms. The van der Waals surface area contributed by atoms with Crippen molar-refractivity contribution in [3.05, 3.63) is 51.4 Å². The summed E-state index contributed by atoms with van der Waals surface area (Å²) in [6, 6.07) is 5.07. The normalized spacial score (nSPS) is 10.9. The van der Waals surface area contributed by atoms with E-state index in [2.05, 4.69) is 26.5 Å². The fourth-order valence-electron chi connectivity index (χ4n) is 1.70. The average molecular weight is 337 g/mol. The van der Waals surface area contributed by atoms with Gasteiger partial charge in [0.05, 0.1) is 18.0 Å². The van der Waals surface area contributed by atoms with E-state index >= 15 is 0 Å². The Morgan fingerprint density at radius 2 is 2.20 bits per heavy atom. The van der Waals surface area contributed by atoms with Gasteiger partial charge in [-0.05, 0) is 37.6 Å². The van der Waals surface area contributed by atoms with Crippen LogP contribution in [-0.2, 0) is 0 Å². The molecule has 1 aromatic carbocycles. The molecule has 2 aromatic rings. The Kier molecular flexibility index (Phi) is 4.24. The van der Waals surface area contributed by atoms with Gasteiger partial charge in [-0.25, -0.2) is 5.43 Å². The molecule has 1 amide bonds. The van der Waals surface area contributed by atoms with Gasteiger partial charge in [0.2, 0.25) is 0 Å². The third-order valence-corrected chi connectivity index (χ3v) is 3.23. The molecule has 0 aliphatic rings. The second-order valence-corrected chi connectivity index (χ2v) is 5.17. The molecule has 2 rings (SSSR count). The number of phenols is 1. The number of hydrazone groups is 1. The van der Waals surface area contributed by atoms with Gasteiger partial charge < -0.3 is 9.52 Å². The largest absolute Gasteiger partial charge is 0.507 e. The molecule has 5 nitrogen and oxygen atoms in total. The first-order valence-corrected chi connectivity index (χ1v) is 6.65. The number of amides is 1. The number of hydrogen-bond acceptors (Lipinski definition) is 4. The van der Waals surface area contributed by atoms with E-state index in [-0.39, 0.29) is 11.7 Å². The third-order valence-electron chi connectivity index (χ3n) is 2.77. The highest BCUT2D eigenvalue weighted by molar-refractivity contribution is 9.10. The van der Waals surface area contributed by atoms with Crippen molar-refractivity contribution in [1.29, 1.82) is 0 Å².